The highest BCUT2D eigenvalue weighted by molar-refractivity contribution is 7.99. The van der Waals surface area contributed by atoms with Gasteiger partial charge in [-0.1, -0.05) is 23.9 Å². The van der Waals surface area contributed by atoms with Crippen molar-refractivity contribution < 1.29 is 27.9 Å². The van der Waals surface area contributed by atoms with Gasteiger partial charge in [-0.2, -0.15) is 13.2 Å². The molecule has 0 aliphatic carbocycles. The summed E-state index contributed by atoms with van der Waals surface area (Å²) in [7, 11) is 0. The summed E-state index contributed by atoms with van der Waals surface area (Å²) in [5.41, 5.74) is -0.223. The number of hydrogen-bond acceptors (Lipinski definition) is 5. The number of fused-ring (bicyclic) bond motifs is 2. The molecule has 0 fully saturated rings. The summed E-state index contributed by atoms with van der Waals surface area (Å²) in [6.45, 7) is -0.265. The fraction of sp³-hybridized carbons (Fsp3) is 0.235. The van der Waals surface area contributed by atoms with Crippen LogP contribution in [0.15, 0.2) is 52.3 Å². The molecule has 0 radical (unpaired) electrons. The second-order valence-corrected chi connectivity index (χ2v) is 6.72. The van der Waals surface area contributed by atoms with Crippen LogP contribution in [-0.4, -0.2) is 17.6 Å². The molecule has 0 atom stereocenters. The molecule has 2 aromatic rings. The number of amides is 1. The number of rotatable bonds is 5. The number of nitrogens with zero attached hydrogens (tertiary/aromatic N) is 2. The first-order valence-electron chi connectivity index (χ1n) is 7.86. The summed E-state index contributed by atoms with van der Waals surface area (Å²) in [5, 5.41) is 9.23. The Morgan fingerprint density at radius 2 is 1.85 bits per heavy atom. The van der Waals surface area contributed by atoms with Gasteiger partial charge in [-0.25, -0.2) is 0 Å². The lowest BCUT2D eigenvalue weighted by atomic mass is 10.1. The lowest BCUT2D eigenvalue weighted by Crippen LogP contribution is -2.29. The molecule has 10 heteroatoms. The van der Waals surface area contributed by atoms with Gasteiger partial charge in [0.2, 0.25) is 5.91 Å². The third-order valence-corrected chi connectivity index (χ3v) is 4.96. The van der Waals surface area contributed by atoms with Gasteiger partial charge in [0.1, 0.15) is 0 Å². The molecule has 1 amide bonds. The molecule has 1 aliphatic heterocycles. The van der Waals surface area contributed by atoms with Gasteiger partial charge in [0.25, 0.3) is 5.09 Å². The van der Waals surface area contributed by atoms with E-state index in [-0.39, 0.29) is 25.1 Å². The van der Waals surface area contributed by atoms with E-state index in [9.17, 15) is 28.1 Å². The summed E-state index contributed by atoms with van der Waals surface area (Å²) in [6, 6.07) is 10.2. The topological polar surface area (TPSA) is 72.7 Å². The average Bonchev–Trinajstić information content (AvgIpc) is 2.61. The molecule has 6 nitrogen and oxygen atoms in total. The lowest BCUT2D eigenvalue weighted by molar-refractivity contribution is -0.757. The Morgan fingerprint density at radius 1 is 1.15 bits per heavy atom. The van der Waals surface area contributed by atoms with Crippen LogP contribution in [0.3, 0.4) is 0 Å². The predicted octanol–water partition coefficient (Wildman–Crippen LogP) is 4.82. The van der Waals surface area contributed by atoms with Crippen molar-refractivity contribution in [2.24, 2.45) is 0 Å². The molecular weight excluding hydrogens is 385 g/mol. The van der Waals surface area contributed by atoms with Crippen LogP contribution in [0.2, 0.25) is 0 Å². The van der Waals surface area contributed by atoms with E-state index in [2.05, 4.69) is 4.84 Å². The Bertz CT molecular complexity index is 889. The van der Waals surface area contributed by atoms with Crippen LogP contribution >= 0.6 is 11.8 Å². The zero-order valence-corrected chi connectivity index (χ0v) is 14.5. The minimum Gasteiger partial charge on any atom is -0.314 e. The maximum atomic E-state index is 13.1. The summed E-state index contributed by atoms with van der Waals surface area (Å²) in [5.74, 6) is -0.463. The van der Waals surface area contributed by atoms with Crippen molar-refractivity contribution in [3.8, 4) is 0 Å². The zero-order valence-electron chi connectivity index (χ0n) is 13.7. The first-order chi connectivity index (χ1) is 12.8. The van der Waals surface area contributed by atoms with Crippen LogP contribution in [0.5, 0.6) is 0 Å². The molecule has 27 heavy (non-hydrogen) atoms. The van der Waals surface area contributed by atoms with Gasteiger partial charge in [0.05, 0.1) is 23.5 Å². The SMILES string of the molecule is O=C(CCCO[N+](=O)[O-])N1c2ccccc2Sc2ccc(C(F)(F)F)cc21. The fourth-order valence-electron chi connectivity index (χ4n) is 2.67. The van der Waals surface area contributed by atoms with Gasteiger partial charge in [0, 0.05) is 16.2 Å². The molecule has 142 valence electrons. The van der Waals surface area contributed by atoms with Crippen LogP contribution in [0.1, 0.15) is 18.4 Å². The highest BCUT2D eigenvalue weighted by Crippen LogP contribution is 2.49. The van der Waals surface area contributed by atoms with Crippen molar-refractivity contribution >= 4 is 29.0 Å². The third-order valence-electron chi connectivity index (χ3n) is 3.83. The largest absolute Gasteiger partial charge is 0.416 e. The Morgan fingerprint density at radius 3 is 2.56 bits per heavy atom. The average molecular weight is 398 g/mol. The number of alkyl halides is 3. The molecule has 0 N–H and O–H groups in total. The monoisotopic (exact) mass is 398 g/mol. The van der Waals surface area contributed by atoms with Crippen LogP contribution in [0.25, 0.3) is 0 Å². The Kier molecular flexibility index (Phi) is 5.26. The number of benzene rings is 2. The summed E-state index contributed by atoms with van der Waals surface area (Å²) < 4.78 is 39.3. The van der Waals surface area contributed by atoms with Crippen molar-refractivity contribution in [3.05, 3.63) is 58.1 Å². The number of carbonyl (C=O) groups excluding carboxylic acids is 1. The van der Waals surface area contributed by atoms with Gasteiger partial charge in [-0.3, -0.25) is 9.69 Å². The molecule has 3 rings (SSSR count). The van der Waals surface area contributed by atoms with Crippen LogP contribution in [-0.2, 0) is 15.8 Å². The zero-order chi connectivity index (χ0) is 19.6. The molecule has 0 unspecified atom stereocenters. The van der Waals surface area contributed by atoms with Crippen molar-refractivity contribution in [1.82, 2.24) is 0 Å². The molecule has 0 spiro atoms. The fourth-order valence-corrected chi connectivity index (χ4v) is 3.71. The Labute approximate surface area is 156 Å². The Hall–Kier alpha value is -2.75. The van der Waals surface area contributed by atoms with Crippen LogP contribution in [0, 0.1) is 10.1 Å². The molecule has 1 heterocycles. The van der Waals surface area contributed by atoms with Crippen LogP contribution < -0.4 is 4.90 Å². The van der Waals surface area contributed by atoms with E-state index in [4.69, 9.17) is 0 Å². The van der Waals surface area contributed by atoms with Gasteiger partial charge >= 0.3 is 6.18 Å². The first kappa shape index (κ1) is 19.0. The number of anilines is 2. The molecule has 0 saturated heterocycles. The second-order valence-electron chi connectivity index (χ2n) is 5.64. The highest BCUT2D eigenvalue weighted by atomic mass is 32.2. The van der Waals surface area contributed by atoms with E-state index < -0.39 is 22.7 Å². The molecule has 0 aromatic heterocycles. The van der Waals surface area contributed by atoms with Gasteiger partial charge < -0.3 is 4.84 Å². The van der Waals surface area contributed by atoms with Crippen molar-refractivity contribution in [2.45, 2.75) is 28.8 Å². The van der Waals surface area contributed by atoms with Crippen LogP contribution in [0.4, 0.5) is 24.5 Å². The number of hydrogen-bond donors (Lipinski definition) is 0. The van der Waals surface area contributed by atoms with Crippen molar-refractivity contribution in [3.63, 3.8) is 0 Å². The van der Waals surface area contributed by atoms with Gasteiger partial charge in [-0.15, -0.1) is 10.1 Å². The van der Waals surface area contributed by atoms with Gasteiger partial charge in [-0.05, 0) is 36.8 Å². The van der Waals surface area contributed by atoms with E-state index in [1.807, 2.05) is 0 Å². The van der Waals surface area contributed by atoms with E-state index >= 15 is 0 Å². The van der Waals surface area contributed by atoms with E-state index in [1.54, 1.807) is 24.3 Å². The first-order valence-corrected chi connectivity index (χ1v) is 8.67. The Balaban J connectivity index is 1.94. The van der Waals surface area contributed by atoms with E-state index in [0.29, 0.717) is 10.6 Å². The maximum absolute atomic E-state index is 13.1. The number of carbonyl (C=O) groups is 1. The second kappa shape index (κ2) is 7.47. The van der Waals surface area contributed by atoms with Crippen molar-refractivity contribution in [1.29, 1.82) is 0 Å². The standard InChI is InChI=1S/C17H13F3N2O4S/c18-17(19,20)11-7-8-15-13(10-11)21(12-4-1-2-5-14(12)27-15)16(23)6-3-9-26-22(24)25/h1-2,4-5,7-8,10H,3,6,9H2. The van der Waals surface area contributed by atoms with E-state index in [0.717, 1.165) is 17.0 Å². The van der Waals surface area contributed by atoms with Gasteiger partial charge in [0.15, 0.2) is 0 Å². The summed E-state index contributed by atoms with van der Waals surface area (Å²) in [4.78, 5) is 29.6. The predicted molar refractivity (Wildman–Crippen MR) is 91.3 cm³/mol. The minimum atomic E-state index is -4.54. The molecule has 0 saturated carbocycles. The lowest BCUT2D eigenvalue weighted by Gasteiger charge is -2.31. The normalized spacial score (nSPS) is 12.9. The molecule has 2 aromatic carbocycles. The molecule has 1 aliphatic rings. The van der Waals surface area contributed by atoms with Crippen molar-refractivity contribution in [2.75, 3.05) is 11.5 Å². The van der Waals surface area contributed by atoms with E-state index in [1.165, 1.54) is 22.7 Å². The summed E-state index contributed by atoms with van der Waals surface area (Å²) >= 11 is 1.28. The third kappa shape index (κ3) is 4.16. The number of para-hydroxylation sites is 1. The molecule has 0 bridgehead atoms. The quantitative estimate of drug-likeness (QED) is 0.410. The smallest absolute Gasteiger partial charge is 0.314 e. The summed E-state index contributed by atoms with van der Waals surface area (Å²) in [6.07, 6.45) is -4.58. The highest BCUT2D eigenvalue weighted by Gasteiger charge is 2.34. The maximum Gasteiger partial charge on any atom is 0.416 e. The minimum absolute atomic E-state index is 0.0694. The molecular formula is C17H13F3N2O4S. The number of halogens is 3.